The molecule has 0 spiro atoms. The maximum absolute atomic E-state index is 13.5. The number of hydrogen-bond acceptors (Lipinski definition) is 2. The molecule has 0 aliphatic rings. The molecule has 116 valence electrons. The van der Waals surface area contributed by atoms with E-state index in [2.05, 4.69) is 24.5 Å². The van der Waals surface area contributed by atoms with Crippen molar-refractivity contribution in [3.05, 3.63) is 29.6 Å². The van der Waals surface area contributed by atoms with Crippen molar-refractivity contribution in [2.24, 2.45) is 5.92 Å². The second-order valence-electron chi connectivity index (χ2n) is 5.47. The molecule has 0 aliphatic heterocycles. The third-order valence-corrected chi connectivity index (χ3v) is 3.02. The summed E-state index contributed by atoms with van der Waals surface area (Å²) in [5, 5.41) is 13.9. The van der Waals surface area contributed by atoms with Crippen LogP contribution in [-0.2, 0) is 0 Å². The highest BCUT2D eigenvalue weighted by atomic mass is 19.1. The molecule has 0 saturated heterocycles. The van der Waals surface area contributed by atoms with E-state index < -0.39 is 17.8 Å². The van der Waals surface area contributed by atoms with Gasteiger partial charge in [-0.2, -0.15) is 0 Å². The summed E-state index contributed by atoms with van der Waals surface area (Å²) in [5.74, 6) is -1.31. The maximum Gasteiger partial charge on any atom is 0.335 e. The lowest BCUT2D eigenvalue weighted by Crippen LogP contribution is -2.36. The van der Waals surface area contributed by atoms with Gasteiger partial charge in [-0.3, -0.25) is 0 Å². The number of anilines is 1. The largest absolute Gasteiger partial charge is 0.478 e. The van der Waals surface area contributed by atoms with Gasteiger partial charge in [0.15, 0.2) is 0 Å². The van der Waals surface area contributed by atoms with Gasteiger partial charge in [-0.05, 0) is 43.9 Å². The molecule has 0 saturated carbocycles. The van der Waals surface area contributed by atoms with Crippen LogP contribution < -0.4 is 10.6 Å². The lowest BCUT2D eigenvalue weighted by molar-refractivity contribution is 0.0697. The Bertz CT molecular complexity index is 518. The van der Waals surface area contributed by atoms with Crippen LogP contribution in [0.4, 0.5) is 14.9 Å². The minimum Gasteiger partial charge on any atom is -0.478 e. The summed E-state index contributed by atoms with van der Waals surface area (Å²) >= 11 is 0. The fourth-order valence-corrected chi connectivity index (χ4v) is 1.79. The first-order chi connectivity index (χ1) is 9.79. The summed E-state index contributed by atoms with van der Waals surface area (Å²) in [4.78, 5) is 22.6. The number of urea groups is 1. The lowest BCUT2D eigenvalue weighted by atomic mass is 10.0. The number of carbonyl (C=O) groups excluding carboxylic acids is 1. The Morgan fingerprint density at radius 3 is 2.48 bits per heavy atom. The number of amides is 2. The Labute approximate surface area is 123 Å². The van der Waals surface area contributed by atoms with E-state index in [1.165, 1.54) is 0 Å². The first-order valence-electron chi connectivity index (χ1n) is 6.90. The highest BCUT2D eigenvalue weighted by molar-refractivity contribution is 5.93. The first kappa shape index (κ1) is 16.9. The van der Waals surface area contributed by atoms with E-state index in [1.54, 1.807) is 0 Å². The number of halogens is 1. The fourth-order valence-electron chi connectivity index (χ4n) is 1.79. The molecule has 0 aromatic heterocycles. The predicted octanol–water partition coefficient (Wildman–Crippen LogP) is 3.47. The van der Waals surface area contributed by atoms with Crippen molar-refractivity contribution in [3.8, 4) is 0 Å². The molecule has 1 aromatic carbocycles. The zero-order valence-electron chi connectivity index (χ0n) is 12.4. The van der Waals surface area contributed by atoms with Crippen LogP contribution in [0, 0.1) is 11.7 Å². The number of carbonyl (C=O) groups is 2. The molecular formula is C15H21FN2O3. The van der Waals surface area contributed by atoms with Crippen molar-refractivity contribution in [1.82, 2.24) is 5.32 Å². The summed E-state index contributed by atoms with van der Waals surface area (Å²) < 4.78 is 13.5. The van der Waals surface area contributed by atoms with Crippen LogP contribution in [0.5, 0.6) is 0 Å². The molecule has 0 aliphatic carbocycles. The van der Waals surface area contributed by atoms with Crippen LogP contribution in [-0.4, -0.2) is 23.1 Å². The molecule has 0 radical (unpaired) electrons. The zero-order chi connectivity index (χ0) is 16.0. The zero-order valence-corrected chi connectivity index (χ0v) is 12.4. The number of benzene rings is 1. The molecule has 0 bridgehead atoms. The second-order valence-corrected chi connectivity index (χ2v) is 5.47. The predicted molar refractivity (Wildman–Crippen MR) is 79.0 cm³/mol. The van der Waals surface area contributed by atoms with Crippen molar-refractivity contribution < 1.29 is 19.1 Å². The van der Waals surface area contributed by atoms with E-state index in [0.29, 0.717) is 5.92 Å². The third kappa shape index (κ3) is 5.81. The smallest absolute Gasteiger partial charge is 0.335 e. The summed E-state index contributed by atoms with van der Waals surface area (Å²) in [6, 6.07) is 2.66. The summed E-state index contributed by atoms with van der Waals surface area (Å²) in [6.45, 7) is 6.06. The molecule has 1 rings (SSSR count). The molecule has 1 aromatic rings. The van der Waals surface area contributed by atoms with E-state index in [4.69, 9.17) is 5.11 Å². The molecule has 1 atom stereocenters. The molecule has 0 heterocycles. The Hall–Kier alpha value is -2.11. The topological polar surface area (TPSA) is 78.4 Å². The van der Waals surface area contributed by atoms with Gasteiger partial charge in [0.1, 0.15) is 5.82 Å². The third-order valence-electron chi connectivity index (χ3n) is 3.02. The normalized spacial score (nSPS) is 12.0. The number of rotatable bonds is 6. The molecule has 21 heavy (non-hydrogen) atoms. The summed E-state index contributed by atoms with van der Waals surface area (Å²) in [6.07, 6.45) is 1.80. The van der Waals surface area contributed by atoms with Crippen LogP contribution in [0.3, 0.4) is 0 Å². The van der Waals surface area contributed by atoms with E-state index >= 15 is 0 Å². The van der Waals surface area contributed by atoms with Gasteiger partial charge >= 0.3 is 12.0 Å². The average molecular weight is 296 g/mol. The summed E-state index contributed by atoms with van der Waals surface area (Å²) in [5.41, 5.74) is -0.233. The van der Waals surface area contributed by atoms with E-state index in [0.717, 1.165) is 31.0 Å². The van der Waals surface area contributed by atoms with E-state index in [-0.39, 0.29) is 17.3 Å². The number of hydrogen-bond donors (Lipinski definition) is 3. The van der Waals surface area contributed by atoms with Crippen LogP contribution >= 0.6 is 0 Å². The Morgan fingerprint density at radius 1 is 1.24 bits per heavy atom. The SMILES string of the molecule is CC(C)CCC(C)NC(=O)Nc1cc(C(=O)O)ccc1F. The van der Waals surface area contributed by atoms with E-state index in [1.807, 2.05) is 6.92 Å². The molecule has 1 unspecified atom stereocenters. The number of nitrogens with one attached hydrogen (secondary N) is 2. The van der Waals surface area contributed by atoms with Gasteiger partial charge in [-0.1, -0.05) is 13.8 Å². The summed E-state index contributed by atoms with van der Waals surface area (Å²) in [7, 11) is 0. The molecule has 5 nitrogen and oxygen atoms in total. The van der Waals surface area contributed by atoms with Gasteiger partial charge in [0.25, 0.3) is 0 Å². The molecule has 0 fully saturated rings. The standard InChI is InChI=1S/C15H21FN2O3/c1-9(2)4-5-10(3)17-15(21)18-13-8-11(14(19)20)6-7-12(13)16/h6-10H,4-5H2,1-3H3,(H,19,20)(H2,17,18,21). The minimum absolute atomic E-state index is 0.0434. The molecule has 3 N–H and O–H groups in total. The van der Waals surface area contributed by atoms with Gasteiger partial charge < -0.3 is 15.7 Å². The van der Waals surface area contributed by atoms with Gasteiger partial charge in [0.05, 0.1) is 11.3 Å². The van der Waals surface area contributed by atoms with Crippen molar-refractivity contribution in [2.75, 3.05) is 5.32 Å². The Balaban J connectivity index is 2.62. The quantitative estimate of drug-likeness (QED) is 0.752. The van der Waals surface area contributed by atoms with Crippen LogP contribution in [0.1, 0.15) is 44.0 Å². The lowest BCUT2D eigenvalue weighted by Gasteiger charge is -2.16. The number of carboxylic acid groups (broad SMARTS) is 1. The van der Waals surface area contributed by atoms with Crippen molar-refractivity contribution >= 4 is 17.7 Å². The monoisotopic (exact) mass is 296 g/mol. The minimum atomic E-state index is -1.18. The second kappa shape index (κ2) is 7.61. The Morgan fingerprint density at radius 2 is 1.90 bits per heavy atom. The molecule has 6 heteroatoms. The number of aromatic carboxylic acids is 1. The molecular weight excluding hydrogens is 275 g/mol. The fraction of sp³-hybridized carbons (Fsp3) is 0.467. The molecule has 2 amide bonds. The van der Waals surface area contributed by atoms with Crippen molar-refractivity contribution in [3.63, 3.8) is 0 Å². The van der Waals surface area contributed by atoms with Crippen molar-refractivity contribution in [2.45, 2.75) is 39.7 Å². The Kier molecular flexibility index (Phi) is 6.14. The highest BCUT2D eigenvalue weighted by Crippen LogP contribution is 2.16. The van der Waals surface area contributed by atoms with Gasteiger partial charge in [-0.25, -0.2) is 14.0 Å². The van der Waals surface area contributed by atoms with Gasteiger partial charge in [0.2, 0.25) is 0 Å². The average Bonchev–Trinajstić information content (AvgIpc) is 2.38. The maximum atomic E-state index is 13.5. The first-order valence-corrected chi connectivity index (χ1v) is 6.90. The van der Waals surface area contributed by atoms with Crippen LogP contribution in [0.2, 0.25) is 0 Å². The van der Waals surface area contributed by atoms with Gasteiger partial charge in [-0.15, -0.1) is 0 Å². The van der Waals surface area contributed by atoms with E-state index in [9.17, 15) is 14.0 Å². The van der Waals surface area contributed by atoms with Crippen molar-refractivity contribution in [1.29, 1.82) is 0 Å². The number of carboxylic acids is 1. The van der Waals surface area contributed by atoms with Crippen LogP contribution in [0.25, 0.3) is 0 Å². The van der Waals surface area contributed by atoms with Gasteiger partial charge in [0, 0.05) is 6.04 Å². The van der Waals surface area contributed by atoms with Crippen LogP contribution in [0.15, 0.2) is 18.2 Å². The highest BCUT2D eigenvalue weighted by Gasteiger charge is 2.12.